The Morgan fingerprint density at radius 2 is 2.00 bits per heavy atom. The van der Waals surface area contributed by atoms with E-state index >= 15 is 0 Å². The molecule has 2 rings (SSSR count). The third-order valence-corrected chi connectivity index (χ3v) is 4.61. The molecule has 1 heterocycles. The zero-order valence-corrected chi connectivity index (χ0v) is 8.09. The molecule has 0 amide bonds. The van der Waals surface area contributed by atoms with Crippen LogP contribution in [0.1, 0.15) is 25.7 Å². The van der Waals surface area contributed by atoms with Crippen LogP contribution in [0.3, 0.4) is 0 Å². The van der Waals surface area contributed by atoms with E-state index in [1.54, 1.807) is 5.57 Å². The molecule has 0 radical (unpaired) electrons. The Balaban J connectivity index is 1.97. The minimum atomic E-state index is 0.732. The standard InChI is InChI=1S/C9H12S2/c1-2-4-8(5-3-1)9-10-6-7-11-9/h4,6-7,9H,1-3,5H2. The fraction of sp³-hybridized carbons (Fsp3) is 0.556. The molecule has 2 aliphatic rings. The van der Waals surface area contributed by atoms with Gasteiger partial charge in [0.1, 0.15) is 0 Å². The molecule has 60 valence electrons. The van der Waals surface area contributed by atoms with Crippen molar-refractivity contribution in [2.45, 2.75) is 30.3 Å². The molecule has 1 aliphatic carbocycles. The Morgan fingerprint density at radius 3 is 2.64 bits per heavy atom. The van der Waals surface area contributed by atoms with Crippen LogP contribution < -0.4 is 0 Å². The molecule has 0 unspecified atom stereocenters. The van der Waals surface area contributed by atoms with Gasteiger partial charge in [-0.2, -0.15) is 0 Å². The van der Waals surface area contributed by atoms with E-state index < -0.39 is 0 Å². The summed E-state index contributed by atoms with van der Waals surface area (Å²) in [6, 6.07) is 0. The van der Waals surface area contributed by atoms with Crippen LogP contribution in [-0.2, 0) is 0 Å². The molecular formula is C9H12S2. The van der Waals surface area contributed by atoms with Crippen LogP contribution in [0, 0.1) is 0 Å². The first-order valence-electron chi connectivity index (χ1n) is 4.12. The molecular weight excluding hydrogens is 172 g/mol. The average molecular weight is 184 g/mol. The second kappa shape index (κ2) is 3.72. The van der Waals surface area contributed by atoms with E-state index in [-0.39, 0.29) is 0 Å². The third-order valence-electron chi connectivity index (χ3n) is 2.09. The number of allylic oxidation sites excluding steroid dienone is 1. The highest BCUT2D eigenvalue weighted by Gasteiger charge is 2.17. The van der Waals surface area contributed by atoms with Gasteiger partial charge in [0.05, 0.1) is 4.58 Å². The van der Waals surface area contributed by atoms with E-state index in [9.17, 15) is 0 Å². The summed E-state index contributed by atoms with van der Waals surface area (Å²) in [4.78, 5) is 0. The van der Waals surface area contributed by atoms with E-state index in [2.05, 4.69) is 16.9 Å². The first kappa shape index (κ1) is 7.81. The van der Waals surface area contributed by atoms with Crippen molar-refractivity contribution in [2.75, 3.05) is 0 Å². The zero-order chi connectivity index (χ0) is 7.52. The van der Waals surface area contributed by atoms with Gasteiger partial charge in [0.2, 0.25) is 0 Å². The van der Waals surface area contributed by atoms with Crippen molar-refractivity contribution in [1.82, 2.24) is 0 Å². The summed E-state index contributed by atoms with van der Waals surface area (Å²) < 4.78 is 0.732. The quantitative estimate of drug-likeness (QED) is 0.569. The van der Waals surface area contributed by atoms with Crippen LogP contribution in [0.2, 0.25) is 0 Å². The molecule has 0 aromatic rings. The molecule has 0 bridgehead atoms. The minimum absolute atomic E-state index is 0.732. The van der Waals surface area contributed by atoms with Gasteiger partial charge < -0.3 is 0 Å². The maximum Gasteiger partial charge on any atom is 0.0794 e. The van der Waals surface area contributed by atoms with Crippen LogP contribution in [-0.4, -0.2) is 4.58 Å². The Labute approximate surface area is 76.5 Å². The monoisotopic (exact) mass is 184 g/mol. The first-order chi connectivity index (χ1) is 5.47. The van der Waals surface area contributed by atoms with Crippen molar-refractivity contribution in [3.05, 3.63) is 22.5 Å². The summed E-state index contributed by atoms with van der Waals surface area (Å²) in [7, 11) is 0. The maximum absolute atomic E-state index is 2.45. The zero-order valence-electron chi connectivity index (χ0n) is 6.45. The van der Waals surface area contributed by atoms with Crippen LogP contribution in [0.4, 0.5) is 0 Å². The van der Waals surface area contributed by atoms with E-state index in [1.807, 2.05) is 23.5 Å². The molecule has 0 saturated heterocycles. The summed E-state index contributed by atoms with van der Waals surface area (Å²) in [5, 5.41) is 4.43. The Kier molecular flexibility index (Phi) is 2.64. The normalized spacial score (nSPS) is 25.6. The largest absolute Gasteiger partial charge is 0.114 e. The van der Waals surface area contributed by atoms with Crippen LogP contribution >= 0.6 is 23.5 Å². The third kappa shape index (κ3) is 1.85. The summed E-state index contributed by atoms with van der Waals surface area (Å²) >= 11 is 3.93. The van der Waals surface area contributed by atoms with Gasteiger partial charge in [-0.25, -0.2) is 0 Å². The van der Waals surface area contributed by atoms with E-state index in [0.717, 1.165) is 4.58 Å². The van der Waals surface area contributed by atoms with Crippen molar-refractivity contribution < 1.29 is 0 Å². The van der Waals surface area contributed by atoms with Gasteiger partial charge in [0, 0.05) is 0 Å². The highest BCUT2D eigenvalue weighted by Crippen LogP contribution is 2.41. The molecule has 0 aromatic heterocycles. The molecule has 0 aromatic carbocycles. The molecule has 0 saturated carbocycles. The van der Waals surface area contributed by atoms with Gasteiger partial charge in [-0.3, -0.25) is 0 Å². The lowest BCUT2D eigenvalue weighted by Crippen LogP contribution is -2.01. The lowest BCUT2D eigenvalue weighted by molar-refractivity contribution is 0.700. The van der Waals surface area contributed by atoms with Gasteiger partial charge in [-0.05, 0) is 36.5 Å². The maximum atomic E-state index is 2.45. The highest BCUT2D eigenvalue weighted by atomic mass is 32.2. The molecule has 0 atom stereocenters. The lowest BCUT2D eigenvalue weighted by Gasteiger charge is -2.16. The van der Waals surface area contributed by atoms with Crippen LogP contribution in [0.25, 0.3) is 0 Å². The summed E-state index contributed by atoms with van der Waals surface area (Å²) in [6.45, 7) is 0. The number of rotatable bonds is 1. The molecule has 2 heteroatoms. The molecule has 0 N–H and O–H groups in total. The lowest BCUT2D eigenvalue weighted by atomic mass is 10.0. The van der Waals surface area contributed by atoms with Crippen molar-refractivity contribution in [1.29, 1.82) is 0 Å². The molecule has 0 spiro atoms. The van der Waals surface area contributed by atoms with Crippen LogP contribution in [0.15, 0.2) is 22.5 Å². The molecule has 1 aliphatic heterocycles. The average Bonchev–Trinajstić information content (AvgIpc) is 2.58. The van der Waals surface area contributed by atoms with Gasteiger partial charge in [-0.1, -0.05) is 11.6 Å². The predicted octanol–water partition coefficient (Wildman–Crippen LogP) is 3.76. The van der Waals surface area contributed by atoms with E-state index in [4.69, 9.17) is 0 Å². The summed E-state index contributed by atoms with van der Waals surface area (Å²) in [6.07, 6.45) is 7.91. The number of thioether (sulfide) groups is 2. The van der Waals surface area contributed by atoms with Crippen LogP contribution in [0.5, 0.6) is 0 Å². The highest BCUT2D eigenvalue weighted by molar-refractivity contribution is 8.22. The number of hydrogen-bond acceptors (Lipinski definition) is 2. The van der Waals surface area contributed by atoms with Crippen molar-refractivity contribution in [3.63, 3.8) is 0 Å². The van der Waals surface area contributed by atoms with Gasteiger partial charge >= 0.3 is 0 Å². The van der Waals surface area contributed by atoms with Gasteiger partial charge in [0.15, 0.2) is 0 Å². The summed E-state index contributed by atoms with van der Waals surface area (Å²) in [5.74, 6) is 0. The predicted molar refractivity (Wildman–Crippen MR) is 54.7 cm³/mol. The second-order valence-electron chi connectivity index (χ2n) is 2.90. The molecule has 0 fully saturated rings. The first-order valence-corrected chi connectivity index (χ1v) is 6.00. The smallest absolute Gasteiger partial charge is 0.0794 e. The number of hydrogen-bond donors (Lipinski definition) is 0. The fourth-order valence-corrected chi connectivity index (χ4v) is 3.71. The van der Waals surface area contributed by atoms with Crippen molar-refractivity contribution in [2.24, 2.45) is 0 Å². The fourth-order valence-electron chi connectivity index (χ4n) is 1.49. The Morgan fingerprint density at radius 1 is 1.18 bits per heavy atom. The van der Waals surface area contributed by atoms with Gasteiger partial charge in [0.25, 0.3) is 0 Å². The van der Waals surface area contributed by atoms with Crippen molar-refractivity contribution in [3.8, 4) is 0 Å². The topological polar surface area (TPSA) is 0 Å². The Hall–Kier alpha value is 0.180. The van der Waals surface area contributed by atoms with Gasteiger partial charge in [-0.15, -0.1) is 23.5 Å². The summed E-state index contributed by atoms with van der Waals surface area (Å²) in [5.41, 5.74) is 1.68. The molecule has 11 heavy (non-hydrogen) atoms. The SMILES string of the molecule is C1=CSC(C2=CCCCC2)S1. The molecule has 0 nitrogen and oxygen atoms in total. The second-order valence-corrected chi connectivity index (χ2v) is 5.23. The Bertz CT molecular complexity index is 186. The minimum Gasteiger partial charge on any atom is -0.114 e. The van der Waals surface area contributed by atoms with E-state index in [0.29, 0.717) is 0 Å². The van der Waals surface area contributed by atoms with Crippen molar-refractivity contribution >= 4 is 23.5 Å². The van der Waals surface area contributed by atoms with E-state index in [1.165, 1.54) is 25.7 Å².